The molecule has 40 heavy (non-hydrogen) atoms. The van der Waals surface area contributed by atoms with E-state index in [1.807, 2.05) is 6.07 Å². The molecule has 0 aliphatic carbocycles. The molecule has 4 aliphatic heterocycles. The molecule has 4 rings (SSSR count). The maximum atomic E-state index is 9.68. The van der Waals surface area contributed by atoms with E-state index in [1.54, 1.807) is 37.6 Å². The molecule has 7 atom stereocenters. The Bertz CT molecular complexity index is 813. The van der Waals surface area contributed by atoms with Crippen LogP contribution in [-0.4, -0.2) is 129 Å². The average molecular weight is 1050 g/mol. The van der Waals surface area contributed by atoms with E-state index in [9.17, 15) is 5.11 Å². The SMILES string of the molecule is [2H]C[C@]12CN(OC)[C@H]([CH-]O1)[C@H]2O.[2H]C[C@]12CN(OC)[C@H]([CH-]O1)[C@H]2OP(OCC#N)N(C(C)C)C(C)C.[3H]OC.[3H]OC.[U].[U]. The summed E-state index contributed by atoms with van der Waals surface area (Å²) >= 11 is 0. The predicted octanol–water partition coefficient (Wildman–Crippen LogP) is 1.21. The molecule has 232 valence electrons. The van der Waals surface area contributed by atoms with Gasteiger partial charge < -0.3 is 43.5 Å². The van der Waals surface area contributed by atoms with Gasteiger partial charge >= 0.3 is 0 Å². The summed E-state index contributed by atoms with van der Waals surface area (Å²) in [5.74, 6) is 0. The average Bonchev–Trinajstić information content (AvgIpc) is 3.66. The number of aliphatic hydroxyl groups is 3. The van der Waals surface area contributed by atoms with Crippen LogP contribution in [0.4, 0.5) is 0 Å². The zero-order valence-electron chi connectivity index (χ0n) is 28.6. The van der Waals surface area contributed by atoms with Crippen LogP contribution in [0.15, 0.2) is 0 Å². The van der Waals surface area contributed by atoms with Crippen molar-refractivity contribution in [2.75, 3.05) is 48.1 Å². The molecule has 1 unspecified atom stereocenters. The van der Waals surface area contributed by atoms with Crippen LogP contribution in [0.5, 0.6) is 0 Å². The van der Waals surface area contributed by atoms with Crippen molar-refractivity contribution >= 4 is 8.53 Å². The monoisotopic (exact) mass is 1050 g/mol. The van der Waals surface area contributed by atoms with Crippen LogP contribution in [0.1, 0.15) is 44.2 Å². The summed E-state index contributed by atoms with van der Waals surface area (Å²) in [4.78, 5) is 10.4. The Kier molecular flexibility index (Phi) is 18.5. The van der Waals surface area contributed by atoms with Crippen molar-refractivity contribution in [3.63, 3.8) is 0 Å². The van der Waals surface area contributed by atoms with Crippen molar-refractivity contribution in [1.82, 2.24) is 14.8 Å². The van der Waals surface area contributed by atoms with Gasteiger partial charge in [-0.3, -0.25) is 0 Å². The molecule has 3 N–H and O–H groups in total. The largest absolute Gasteiger partial charge is 0.543 e. The number of morpholine rings is 2. The summed E-state index contributed by atoms with van der Waals surface area (Å²) in [5.41, 5.74) is -1.50. The van der Waals surface area contributed by atoms with Crippen molar-refractivity contribution < 1.29 is 108 Å². The van der Waals surface area contributed by atoms with E-state index in [-0.39, 0.29) is 113 Å². The Morgan fingerprint density at radius 1 is 1.07 bits per heavy atom. The second-order valence-corrected chi connectivity index (χ2v) is 10.7. The van der Waals surface area contributed by atoms with E-state index in [2.05, 4.69) is 42.6 Å². The molecule has 0 amide bonds. The Balaban J connectivity index is 0. The van der Waals surface area contributed by atoms with E-state index < -0.39 is 25.8 Å². The summed E-state index contributed by atoms with van der Waals surface area (Å²) in [7, 11) is 4.29. The van der Waals surface area contributed by atoms with Gasteiger partial charge in [-0.1, -0.05) is 0 Å². The summed E-state index contributed by atoms with van der Waals surface area (Å²) < 4.78 is 51.8. The fourth-order valence-electron chi connectivity index (χ4n) is 4.59. The number of nitriles is 1. The van der Waals surface area contributed by atoms with E-state index in [0.717, 1.165) is 0 Å². The third kappa shape index (κ3) is 10.3. The molecular weight excluding hydrogens is 995 g/mol. The first-order chi connectivity index (χ1) is 20.0. The number of hydrogen-bond donors (Lipinski definition) is 3. The molecule has 4 heterocycles. The fraction of sp³-hybridized carbons (Fsp3) is 0.875. The van der Waals surface area contributed by atoms with Gasteiger partial charge in [0.05, 0.1) is 56.8 Å². The molecule has 4 aliphatic rings. The number of ether oxygens (including phenoxy) is 2. The number of hydrogen-bond acceptors (Lipinski definition) is 13. The molecule has 13 nitrogen and oxygen atoms in total. The Morgan fingerprint density at radius 2 is 1.55 bits per heavy atom. The quantitative estimate of drug-likeness (QED) is 0.225. The maximum Gasteiger partial charge on any atom is 0.260 e. The Hall–Kier alpha value is 1.54. The number of hydroxylamine groups is 4. The third-order valence-electron chi connectivity index (χ3n) is 6.25. The van der Waals surface area contributed by atoms with Gasteiger partial charge in [-0.15, -0.1) is 0 Å². The molecule has 0 aromatic carbocycles. The number of fused-ring (bicyclic) bond motifs is 4. The summed E-state index contributed by atoms with van der Waals surface area (Å²) in [6, 6.07) is 2.02. The van der Waals surface area contributed by atoms with Gasteiger partial charge in [0.25, 0.3) is 8.53 Å². The van der Waals surface area contributed by atoms with Crippen molar-refractivity contribution in [3.8, 4) is 6.07 Å². The first kappa shape index (κ1) is 36.0. The van der Waals surface area contributed by atoms with Gasteiger partial charge in [0.1, 0.15) is 6.61 Å². The smallest absolute Gasteiger partial charge is 0.260 e. The summed E-state index contributed by atoms with van der Waals surface area (Å²) in [5, 5.41) is 29.0. The third-order valence-corrected chi connectivity index (χ3v) is 8.30. The van der Waals surface area contributed by atoms with Crippen LogP contribution in [0.25, 0.3) is 0 Å². The fourth-order valence-corrected chi connectivity index (χ4v) is 6.33. The molecule has 16 heteroatoms. The Morgan fingerprint density at radius 3 is 1.98 bits per heavy atom. The van der Waals surface area contributed by atoms with Crippen molar-refractivity contribution in [1.29, 1.82) is 8.12 Å². The topological polar surface area (TPSA) is 150 Å². The van der Waals surface area contributed by atoms with E-state index in [1.165, 1.54) is 14.2 Å². The van der Waals surface area contributed by atoms with Crippen LogP contribution < -0.4 is 0 Å². The molecule has 4 saturated heterocycles. The molecular formula is C24H47N4O9PU2-2. The molecule has 0 saturated carbocycles. The van der Waals surface area contributed by atoms with Gasteiger partial charge in [-0.25, -0.2) is 14.8 Å². The molecule has 4 bridgehead atoms. The molecule has 0 radical (unpaired) electrons. The van der Waals surface area contributed by atoms with Crippen LogP contribution >= 0.6 is 8.53 Å². The van der Waals surface area contributed by atoms with Gasteiger partial charge in [-0.05, 0) is 53.6 Å². The zero-order chi connectivity index (χ0) is 32.1. The number of rotatable bonds is 9. The predicted molar refractivity (Wildman–Crippen MR) is 140 cm³/mol. The van der Waals surface area contributed by atoms with Crippen LogP contribution in [0.2, 0.25) is 0 Å². The number of aliphatic hydroxyl groups excluding tert-OH is 3. The van der Waals surface area contributed by atoms with Crippen molar-refractivity contribution in [3.05, 3.63) is 13.2 Å². The van der Waals surface area contributed by atoms with E-state index in [4.69, 9.17) is 39.1 Å². The molecule has 4 fully saturated rings. The van der Waals surface area contributed by atoms with E-state index in [0.29, 0.717) is 13.1 Å². The van der Waals surface area contributed by atoms with Crippen LogP contribution in [0, 0.1) is 86.8 Å². The Labute approximate surface area is 294 Å². The van der Waals surface area contributed by atoms with Gasteiger partial charge in [-0.2, -0.15) is 18.5 Å². The molecule has 0 aromatic heterocycles. The minimum absolute atomic E-state index is 0. The van der Waals surface area contributed by atoms with Crippen LogP contribution in [-0.2, 0) is 28.2 Å². The van der Waals surface area contributed by atoms with Crippen molar-refractivity contribution in [2.45, 2.75) is 89.1 Å². The van der Waals surface area contributed by atoms with E-state index >= 15 is 0 Å². The minimum atomic E-state index is -1.45. The van der Waals surface area contributed by atoms with Gasteiger partial charge in [0, 0.05) is 91.3 Å². The summed E-state index contributed by atoms with van der Waals surface area (Å²) in [6.45, 7) is 12.5. The van der Waals surface area contributed by atoms with Gasteiger partial charge in [0.2, 0.25) is 2.86 Å². The zero-order valence-corrected chi connectivity index (χ0v) is 33.8. The standard InChI is InChI=1S/C15H27N3O4P.C7H12NO3.2CH4O.2U/c1-11(2)18(12(3)4)23(21-8-7-16)22-14-13-9-20-15(14,5)10-17(13)19-6;1-7-4-8(10-2)5(3-11-7)6(7)9;2*1-2;;/h9,11-14H,8,10H2,1-6H3;3,5-6,9H,4H2,1-2H3;2*2H,1H3;;/q2*-1;;;;/t13-,14-,15-,23?;5-,6-,7-;;;;/m11..../s1/i5D;1D;2*2T;;. The molecule has 0 aromatic rings. The molecule has 0 spiro atoms. The first-order valence-electron chi connectivity index (χ1n) is 14.3. The first-order valence-corrected chi connectivity index (χ1v) is 13.2. The second kappa shape index (κ2) is 20.5. The van der Waals surface area contributed by atoms with Gasteiger partial charge in [0.15, 0.2) is 0 Å². The normalized spacial score (nSPS) is 34.0. The minimum Gasteiger partial charge on any atom is -0.543 e. The second-order valence-electron chi connectivity index (χ2n) is 9.34. The summed E-state index contributed by atoms with van der Waals surface area (Å²) in [6.07, 6.45) is -0.991. The van der Waals surface area contributed by atoms with Crippen molar-refractivity contribution in [2.24, 2.45) is 0 Å². The number of nitrogens with zero attached hydrogens (tertiary/aromatic N) is 4. The maximum absolute atomic E-state index is 9.68. The van der Waals surface area contributed by atoms with Crippen LogP contribution in [0.3, 0.4) is 0 Å².